The first-order valence-electron chi connectivity index (χ1n) is 16.3. The van der Waals surface area contributed by atoms with Gasteiger partial charge in [0.1, 0.15) is 28.5 Å². The van der Waals surface area contributed by atoms with Gasteiger partial charge in [0.2, 0.25) is 0 Å². The van der Waals surface area contributed by atoms with Crippen molar-refractivity contribution in [1.82, 2.24) is 29.3 Å². The second-order valence-corrected chi connectivity index (χ2v) is 13.3. The largest absolute Gasteiger partial charge is 0.345 e. The minimum Gasteiger partial charge on any atom is -0.345 e. The van der Waals surface area contributed by atoms with Crippen molar-refractivity contribution in [3.05, 3.63) is 95.6 Å². The summed E-state index contributed by atoms with van der Waals surface area (Å²) in [6.45, 7) is 4.03. The third kappa shape index (κ3) is 4.83. The summed E-state index contributed by atoms with van der Waals surface area (Å²) in [5, 5.41) is 0. The number of likely N-dealkylation sites (tertiary alicyclic amines) is 1. The van der Waals surface area contributed by atoms with Crippen LogP contribution < -0.4 is 0 Å². The molecule has 3 atom stereocenters. The Morgan fingerprint density at radius 2 is 1.76 bits per heavy atom. The molecule has 3 aliphatic rings. The first-order chi connectivity index (χ1) is 21.9. The molecule has 2 bridgehead atoms. The first kappa shape index (κ1) is 28.4. The third-order valence-electron chi connectivity index (χ3n) is 11.0. The lowest BCUT2D eigenvalue weighted by Crippen LogP contribution is -2.49. The Morgan fingerprint density at radius 3 is 2.53 bits per heavy atom. The molecular weight excluding hydrogens is 570 g/mol. The highest BCUT2D eigenvalue weighted by Gasteiger charge is 2.44. The number of hydrogen-bond acceptors (Lipinski definition) is 4. The number of fused-ring (bicyclic) bond motifs is 4. The lowest BCUT2D eigenvalue weighted by molar-refractivity contribution is 0.0604. The summed E-state index contributed by atoms with van der Waals surface area (Å²) in [6, 6.07) is 19.8. The Bertz CT molecular complexity index is 1880. The van der Waals surface area contributed by atoms with Gasteiger partial charge in [-0.1, -0.05) is 24.3 Å². The molecule has 8 rings (SSSR count). The standard InChI is InChI=1S/C36H38F2N6O/c1-23-41-30-7-2-3-8-32(30)44(23)28-20-26-9-10-27(21-28)43(26)18-15-36(24-5-4-6-25(37)19-24)13-16-42(17-14-36)35(45)33-29(38)11-12-31-34(33)40-22-39-31/h2-8,11-12,19,22,26-28H,9-10,13-18,20-21H2,1H3,(H,39,40)/t26-,27+,28?. The molecule has 1 unspecified atom stereocenters. The summed E-state index contributed by atoms with van der Waals surface area (Å²) in [7, 11) is 0. The fourth-order valence-electron chi connectivity index (χ4n) is 8.77. The van der Waals surface area contributed by atoms with Gasteiger partial charge in [0.05, 0.1) is 22.9 Å². The predicted molar refractivity (Wildman–Crippen MR) is 170 cm³/mol. The van der Waals surface area contributed by atoms with Crippen LogP contribution in [0, 0.1) is 18.6 Å². The van der Waals surface area contributed by atoms with Crippen LogP contribution >= 0.6 is 0 Å². The SMILES string of the molecule is Cc1nc2ccccc2n1C1C[C@H]2CC[C@@H](C1)N2CCC1(c2cccc(F)c2)CCN(C(=O)c2c(F)ccc3[nH]cnc23)CC1. The van der Waals surface area contributed by atoms with E-state index in [1.54, 1.807) is 23.1 Å². The van der Waals surface area contributed by atoms with E-state index in [-0.39, 0.29) is 22.7 Å². The molecule has 3 aromatic carbocycles. The number of para-hydroxylation sites is 2. The molecule has 3 aliphatic heterocycles. The number of aryl methyl sites for hydroxylation is 1. The number of amides is 1. The maximum absolute atomic E-state index is 14.9. The Morgan fingerprint density at radius 1 is 0.978 bits per heavy atom. The van der Waals surface area contributed by atoms with Gasteiger partial charge in [-0.3, -0.25) is 9.69 Å². The van der Waals surface area contributed by atoms with Crippen LogP contribution in [0.4, 0.5) is 8.78 Å². The topological polar surface area (TPSA) is 70.1 Å². The molecule has 7 nitrogen and oxygen atoms in total. The number of imidazole rings is 2. The summed E-state index contributed by atoms with van der Waals surface area (Å²) in [5.74, 6) is -0.0369. The number of halogens is 2. The summed E-state index contributed by atoms with van der Waals surface area (Å²) in [5.41, 5.74) is 4.05. The fraction of sp³-hybridized carbons (Fsp3) is 0.417. The van der Waals surface area contributed by atoms with E-state index in [1.165, 1.54) is 36.8 Å². The molecule has 1 amide bonds. The molecular formula is C36H38F2N6O. The minimum atomic E-state index is -0.556. The van der Waals surface area contributed by atoms with E-state index in [0.717, 1.165) is 42.7 Å². The molecule has 3 saturated heterocycles. The number of nitrogens with one attached hydrogen (secondary N) is 1. The van der Waals surface area contributed by atoms with Gasteiger partial charge in [-0.2, -0.15) is 0 Å². The molecule has 232 valence electrons. The maximum atomic E-state index is 14.9. The van der Waals surface area contributed by atoms with Crippen molar-refractivity contribution in [3.63, 3.8) is 0 Å². The summed E-state index contributed by atoms with van der Waals surface area (Å²) in [4.78, 5) is 30.1. The van der Waals surface area contributed by atoms with Gasteiger partial charge in [-0.25, -0.2) is 18.7 Å². The molecule has 45 heavy (non-hydrogen) atoms. The number of aromatic amines is 1. The monoisotopic (exact) mass is 608 g/mol. The molecule has 9 heteroatoms. The lowest BCUT2D eigenvalue weighted by Gasteiger charge is -2.45. The summed E-state index contributed by atoms with van der Waals surface area (Å²) in [6.07, 6.45) is 8.40. The number of nitrogens with zero attached hydrogens (tertiary/aromatic N) is 5. The molecule has 1 N–H and O–H groups in total. The predicted octanol–water partition coefficient (Wildman–Crippen LogP) is 6.93. The second kappa shape index (κ2) is 11.1. The van der Waals surface area contributed by atoms with Crippen LogP contribution in [0.2, 0.25) is 0 Å². The minimum absolute atomic E-state index is 0.0207. The molecule has 3 fully saturated rings. The molecule has 5 heterocycles. The van der Waals surface area contributed by atoms with Gasteiger partial charge in [-0.05, 0) is 106 Å². The van der Waals surface area contributed by atoms with Crippen LogP contribution in [0.5, 0.6) is 0 Å². The van der Waals surface area contributed by atoms with Crippen molar-refractivity contribution in [2.24, 2.45) is 0 Å². The van der Waals surface area contributed by atoms with Gasteiger partial charge >= 0.3 is 0 Å². The van der Waals surface area contributed by atoms with Crippen LogP contribution in [0.15, 0.2) is 67.0 Å². The Kier molecular flexibility index (Phi) is 6.97. The molecule has 0 radical (unpaired) electrons. The van der Waals surface area contributed by atoms with Gasteiger partial charge < -0.3 is 14.5 Å². The highest BCUT2D eigenvalue weighted by Crippen LogP contribution is 2.45. The third-order valence-corrected chi connectivity index (χ3v) is 11.0. The zero-order valence-electron chi connectivity index (χ0n) is 25.6. The van der Waals surface area contributed by atoms with Crippen molar-refractivity contribution < 1.29 is 13.6 Å². The normalized spacial score (nSPS) is 23.3. The number of piperidine rings is 2. The molecule has 0 saturated carbocycles. The average Bonchev–Trinajstić information content (AvgIpc) is 3.72. The number of benzene rings is 3. The highest BCUT2D eigenvalue weighted by atomic mass is 19.1. The number of carbonyl (C=O) groups is 1. The van der Waals surface area contributed by atoms with Gasteiger partial charge in [0, 0.05) is 31.2 Å². The van der Waals surface area contributed by atoms with Crippen molar-refractivity contribution in [1.29, 1.82) is 0 Å². The van der Waals surface area contributed by atoms with E-state index in [4.69, 9.17) is 4.98 Å². The van der Waals surface area contributed by atoms with Crippen LogP contribution in [0.25, 0.3) is 22.1 Å². The van der Waals surface area contributed by atoms with E-state index >= 15 is 0 Å². The number of rotatable bonds is 6. The van der Waals surface area contributed by atoms with Gasteiger partial charge in [-0.15, -0.1) is 0 Å². The molecule has 0 spiro atoms. The van der Waals surface area contributed by atoms with Crippen molar-refractivity contribution >= 4 is 28.0 Å². The quantitative estimate of drug-likeness (QED) is 0.227. The van der Waals surface area contributed by atoms with E-state index in [9.17, 15) is 13.6 Å². The van der Waals surface area contributed by atoms with Gasteiger partial charge in [0.25, 0.3) is 5.91 Å². The Balaban J connectivity index is 1.01. The molecule has 0 aliphatic carbocycles. The van der Waals surface area contributed by atoms with Crippen molar-refractivity contribution in [3.8, 4) is 0 Å². The number of H-pyrrole nitrogens is 1. The second-order valence-electron chi connectivity index (χ2n) is 13.3. The van der Waals surface area contributed by atoms with Gasteiger partial charge in [0.15, 0.2) is 0 Å². The number of carbonyl (C=O) groups excluding carboxylic acids is 1. The highest BCUT2D eigenvalue weighted by molar-refractivity contribution is 6.05. The Hall–Kier alpha value is -4.11. The first-order valence-corrected chi connectivity index (χ1v) is 16.3. The van der Waals surface area contributed by atoms with Crippen molar-refractivity contribution in [2.75, 3.05) is 19.6 Å². The average molecular weight is 609 g/mol. The summed E-state index contributed by atoms with van der Waals surface area (Å²) < 4.78 is 32.0. The summed E-state index contributed by atoms with van der Waals surface area (Å²) >= 11 is 0. The van der Waals surface area contributed by atoms with E-state index in [0.29, 0.717) is 55.1 Å². The van der Waals surface area contributed by atoms with Crippen molar-refractivity contribution in [2.45, 2.75) is 75.4 Å². The van der Waals surface area contributed by atoms with E-state index < -0.39 is 5.82 Å². The van der Waals surface area contributed by atoms with Crippen LogP contribution in [0.3, 0.4) is 0 Å². The molecule has 2 aromatic heterocycles. The fourth-order valence-corrected chi connectivity index (χ4v) is 8.77. The zero-order chi connectivity index (χ0) is 30.7. The zero-order valence-corrected chi connectivity index (χ0v) is 25.6. The maximum Gasteiger partial charge on any atom is 0.259 e. The van der Waals surface area contributed by atoms with E-state index in [1.807, 2.05) is 6.07 Å². The van der Waals surface area contributed by atoms with Crippen LogP contribution in [-0.2, 0) is 5.41 Å². The Labute approximate surface area is 261 Å². The smallest absolute Gasteiger partial charge is 0.259 e. The number of hydrogen-bond donors (Lipinski definition) is 1. The van der Waals surface area contributed by atoms with Crippen LogP contribution in [0.1, 0.15) is 72.7 Å². The lowest BCUT2D eigenvalue weighted by atomic mass is 9.70. The molecule has 5 aromatic rings. The van der Waals surface area contributed by atoms with Crippen LogP contribution in [-0.4, -0.2) is 66.9 Å². The number of aromatic nitrogens is 4. The van der Waals surface area contributed by atoms with E-state index in [2.05, 4.69) is 50.6 Å².